The third kappa shape index (κ3) is 3.96. The largest absolute Gasteiger partial charge is 0.341 e. The van der Waals surface area contributed by atoms with E-state index >= 15 is 0 Å². The number of hydrogen-bond donors (Lipinski definition) is 1. The van der Waals surface area contributed by atoms with Crippen LogP contribution in [-0.4, -0.2) is 84.4 Å². The number of amides is 2. The lowest BCUT2D eigenvalue weighted by molar-refractivity contribution is -0.135. The van der Waals surface area contributed by atoms with Crippen molar-refractivity contribution in [2.24, 2.45) is 5.92 Å². The molecule has 7 heteroatoms. The Bertz CT molecular complexity index is 491. The predicted molar refractivity (Wildman–Crippen MR) is 98.8 cm³/mol. The summed E-state index contributed by atoms with van der Waals surface area (Å²) in [5.41, 5.74) is 0. The molecule has 3 saturated heterocycles. The summed E-state index contributed by atoms with van der Waals surface area (Å²) < 4.78 is 0. The number of likely N-dealkylation sites (tertiary alicyclic amines) is 2. The summed E-state index contributed by atoms with van der Waals surface area (Å²) in [5, 5.41) is 3.39. The number of piperazine rings is 1. The van der Waals surface area contributed by atoms with Gasteiger partial charge in [0, 0.05) is 64.3 Å². The van der Waals surface area contributed by atoms with Gasteiger partial charge in [-0.1, -0.05) is 12.8 Å². The third-order valence-corrected chi connectivity index (χ3v) is 6.42. The maximum absolute atomic E-state index is 12.9. The molecule has 0 bridgehead atoms. The van der Waals surface area contributed by atoms with Crippen molar-refractivity contribution >= 4 is 24.2 Å². The van der Waals surface area contributed by atoms with Crippen molar-refractivity contribution in [2.45, 2.75) is 50.6 Å². The fraction of sp³-hybridized carbons (Fsp3) is 0.889. The van der Waals surface area contributed by atoms with Crippen LogP contribution in [0.3, 0.4) is 0 Å². The van der Waals surface area contributed by atoms with Crippen molar-refractivity contribution in [2.75, 3.05) is 45.8 Å². The monoisotopic (exact) mass is 370 g/mol. The molecule has 3 heterocycles. The number of hydrogen-bond acceptors (Lipinski definition) is 4. The molecule has 4 rings (SSSR count). The second-order valence-corrected chi connectivity index (χ2v) is 7.90. The highest BCUT2D eigenvalue weighted by Crippen LogP contribution is 2.31. The molecular weight excluding hydrogens is 340 g/mol. The van der Waals surface area contributed by atoms with Crippen LogP contribution in [0.4, 0.5) is 0 Å². The topological polar surface area (TPSA) is 55.9 Å². The van der Waals surface area contributed by atoms with Crippen LogP contribution in [0.5, 0.6) is 0 Å². The van der Waals surface area contributed by atoms with Crippen LogP contribution in [0, 0.1) is 5.92 Å². The second kappa shape index (κ2) is 8.23. The van der Waals surface area contributed by atoms with Gasteiger partial charge in [0.25, 0.3) is 0 Å². The first kappa shape index (κ1) is 18.9. The number of carbonyl (C=O) groups is 2. The van der Waals surface area contributed by atoms with Crippen LogP contribution in [0.15, 0.2) is 0 Å². The van der Waals surface area contributed by atoms with E-state index in [0.717, 1.165) is 58.5 Å². The van der Waals surface area contributed by atoms with Crippen LogP contribution in [0.25, 0.3) is 0 Å². The molecule has 25 heavy (non-hydrogen) atoms. The summed E-state index contributed by atoms with van der Waals surface area (Å²) in [5.74, 6) is 0.333. The molecule has 3 aliphatic heterocycles. The van der Waals surface area contributed by atoms with Gasteiger partial charge in [-0.15, -0.1) is 12.4 Å². The van der Waals surface area contributed by atoms with Crippen molar-refractivity contribution in [1.82, 2.24) is 20.0 Å². The van der Waals surface area contributed by atoms with Crippen LogP contribution in [0.2, 0.25) is 0 Å². The molecule has 4 fully saturated rings. The average molecular weight is 371 g/mol. The standard InChI is InChI=1S/C18H30N4O2.ClH/c23-17-11-14(12-22(17)15-3-1-2-4-15)18(24)21-8-5-16(13-21)20-9-6-19-7-10-20;/h14-16,19H,1-13H2;1H. The first-order chi connectivity index (χ1) is 11.7. The lowest BCUT2D eigenvalue weighted by Crippen LogP contribution is -2.49. The molecule has 2 atom stereocenters. The van der Waals surface area contributed by atoms with E-state index in [-0.39, 0.29) is 30.1 Å². The first-order valence-electron chi connectivity index (χ1n) is 9.75. The van der Waals surface area contributed by atoms with Crippen molar-refractivity contribution in [1.29, 1.82) is 0 Å². The van der Waals surface area contributed by atoms with Crippen molar-refractivity contribution in [3.05, 3.63) is 0 Å². The Hall–Kier alpha value is -0.850. The molecule has 0 aromatic rings. The Morgan fingerprint density at radius 2 is 1.68 bits per heavy atom. The molecule has 0 radical (unpaired) electrons. The van der Waals surface area contributed by atoms with Gasteiger partial charge >= 0.3 is 0 Å². The Labute approximate surface area is 156 Å². The molecule has 0 aromatic carbocycles. The highest BCUT2D eigenvalue weighted by Gasteiger charge is 2.41. The van der Waals surface area contributed by atoms with E-state index in [2.05, 4.69) is 10.2 Å². The van der Waals surface area contributed by atoms with Gasteiger partial charge in [0.15, 0.2) is 0 Å². The fourth-order valence-electron chi connectivity index (χ4n) is 5.01. The minimum atomic E-state index is -0.0973. The van der Waals surface area contributed by atoms with Gasteiger partial charge in [-0.05, 0) is 19.3 Å². The van der Waals surface area contributed by atoms with Gasteiger partial charge in [-0.3, -0.25) is 14.5 Å². The smallest absolute Gasteiger partial charge is 0.228 e. The quantitative estimate of drug-likeness (QED) is 0.794. The van der Waals surface area contributed by atoms with Crippen molar-refractivity contribution in [3.63, 3.8) is 0 Å². The summed E-state index contributed by atoms with van der Waals surface area (Å²) in [6.07, 6.45) is 6.23. The Morgan fingerprint density at radius 1 is 0.960 bits per heavy atom. The van der Waals surface area contributed by atoms with E-state index in [0.29, 0.717) is 25.0 Å². The SMILES string of the molecule is Cl.O=C(C1CC(=O)N(C2CCCC2)C1)N1CCC(N2CCNCC2)C1. The zero-order chi connectivity index (χ0) is 16.5. The van der Waals surface area contributed by atoms with Crippen LogP contribution < -0.4 is 5.32 Å². The molecule has 0 spiro atoms. The minimum absolute atomic E-state index is 0. The molecular formula is C18H31ClN4O2. The van der Waals surface area contributed by atoms with E-state index in [1.54, 1.807) is 0 Å². The third-order valence-electron chi connectivity index (χ3n) is 6.42. The van der Waals surface area contributed by atoms with E-state index in [4.69, 9.17) is 0 Å². The minimum Gasteiger partial charge on any atom is -0.341 e. The summed E-state index contributed by atoms with van der Waals surface area (Å²) in [7, 11) is 0. The normalized spacial score (nSPS) is 31.6. The van der Waals surface area contributed by atoms with Gasteiger partial charge in [0.05, 0.1) is 5.92 Å². The molecule has 2 amide bonds. The molecule has 1 aliphatic carbocycles. The maximum atomic E-state index is 12.9. The number of nitrogens with one attached hydrogen (secondary N) is 1. The van der Waals surface area contributed by atoms with Gasteiger partial charge in [0.1, 0.15) is 0 Å². The molecule has 6 nitrogen and oxygen atoms in total. The van der Waals surface area contributed by atoms with Gasteiger partial charge < -0.3 is 15.1 Å². The zero-order valence-corrected chi connectivity index (χ0v) is 15.8. The maximum Gasteiger partial charge on any atom is 0.228 e. The van der Waals surface area contributed by atoms with Crippen molar-refractivity contribution < 1.29 is 9.59 Å². The van der Waals surface area contributed by atoms with Crippen molar-refractivity contribution in [3.8, 4) is 0 Å². The number of nitrogens with zero attached hydrogens (tertiary/aromatic N) is 3. The number of halogens is 1. The van der Waals surface area contributed by atoms with Crippen LogP contribution in [0.1, 0.15) is 38.5 Å². The fourth-order valence-corrected chi connectivity index (χ4v) is 5.01. The van der Waals surface area contributed by atoms with E-state index in [9.17, 15) is 9.59 Å². The average Bonchev–Trinajstić information content (AvgIpc) is 3.35. The molecule has 1 saturated carbocycles. The Morgan fingerprint density at radius 3 is 2.40 bits per heavy atom. The van der Waals surface area contributed by atoms with E-state index in [1.165, 1.54) is 12.8 Å². The number of carbonyl (C=O) groups excluding carboxylic acids is 2. The van der Waals surface area contributed by atoms with Gasteiger partial charge in [0.2, 0.25) is 11.8 Å². The zero-order valence-electron chi connectivity index (χ0n) is 15.0. The van der Waals surface area contributed by atoms with E-state index < -0.39 is 0 Å². The molecule has 0 aromatic heterocycles. The van der Waals surface area contributed by atoms with Gasteiger partial charge in [-0.25, -0.2) is 0 Å². The second-order valence-electron chi connectivity index (χ2n) is 7.90. The molecule has 142 valence electrons. The summed E-state index contributed by atoms with van der Waals surface area (Å²) in [4.78, 5) is 31.8. The summed E-state index contributed by atoms with van der Waals surface area (Å²) in [6.45, 7) is 6.66. The number of rotatable bonds is 3. The van der Waals surface area contributed by atoms with Gasteiger partial charge in [-0.2, -0.15) is 0 Å². The lowest BCUT2D eigenvalue weighted by atomic mass is 10.1. The van der Waals surface area contributed by atoms with Crippen LogP contribution in [-0.2, 0) is 9.59 Å². The highest BCUT2D eigenvalue weighted by atomic mass is 35.5. The molecule has 1 N–H and O–H groups in total. The summed E-state index contributed by atoms with van der Waals surface area (Å²) in [6, 6.07) is 0.918. The molecule has 2 unspecified atom stereocenters. The first-order valence-corrected chi connectivity index (χ1v) is 9.75. The summed E-state index contributed by atoms with van der Waals surface area (Å²) >= 11 is 0. The van der Waals surface area contributed by atoms with Crippen LogP contribution >= 0.6 is 12.4 Å². The Balaban J connectivity index is 0.00000182. The highest BCUT2D eigenvalue weighted by molar-refractivity contribution is 5.89. The lowest BCUT2D eigenvalue weighted by Gasteiger charge is -2.32. The Kier molecular flexibility index (Phi) is 6.23. The van der Waals surface area contributed by atoms with E-state index in [1.807, 2.05) is 9.80 Å². The predicted octanol–water partition coefficient (Wildman–Crippen LogP) is 0.705. The molecule has 4 aliphatic rings.